The average Bonchev–Trinajstić information content (AvgIpc) is 3.10. The maximum Gasteiger partial charge on any atom is 0.310 e. The van der Waals surface area contributed by atoms with E-state index in [0.29, 0.717) is 5.69 Å². The predicted molar refractivity (Wildman–Crippen MR) is 98.8 cm³/mol. The van der Waals surface area contributed by atoms with E-state index in [1.54, 1.807) is 23.6 Å². The van der Waals surface area contributed by atoms with Crippen molar-refractivity contribution in [3.63, 3.8) is 0 Å². The van der Waals surface area contributed by atoms with Crippen LogP contribution in [-0.2, 0) is 11.4 Å². The molecule has 0 aliphatic heterocycles. The summed E-state index contributed by atoms with van der Waals surface area (Å²) in [4.78, 5) is 28.0. The van der Waals surface area contributed by atoms with Crippen LogP contribution in [0.4, 0.5) is 20.9 Å². The van der Waals surface area contributed by atoms with E-state index in [2.05, 4.69) is 4.98 Å². The highest BCUT2D eigenvalue weighted by atomic mass is 32.1. The van der Waals surface area contributed by atoms with Crippen molar-refractivity contribution in [1.29, 1.82) is 0 Å². The first-order valence-corrected chi connectivity index (χ1v) is 8.71. The molecule has 0 aliphatic rings. The van der Waals surface area contributed by atoms with Gasteiger partial charge in [-0.25, -0.2) is 9.37 Å². The third-order valence-corrected chi connectivity index (χ3v) is 4.45. The van der Waals surface area contributed by atoms with Crippen LogP contribution in [0.15, 0.2) is 53.9 Å². The molecule has 0 fully saturated rings. The lowest BCUT2D eigenvalue weighted by molar-refractivity contribution is -0.385. The van der Waals surface area contributed by atoms with Crippen molar-refractivity contribution in [2.75, 3.05) is 4.90 Å². The number of ether oxygens (including phenoxy) is 1. The van der Waals surface area contributed by atoms with Crippen molar-refractivity contribution in [3.05, 3.63) is 75.5 Å². The second-order valence-corrected chi connectivity index (χ2v) is 6.28. The molecule has 3 aromatic rings. The molecule has 138 valence electrons. The number of nitro benzene ring substituents is 1. The summed E-state index contributed by atoms with van der Waals surface area (Å²) < 4.78 is 19.6. The Bertz CT molecular complexity index is 992. The number of aromatic nitrogens is 1. The van der Waals surface area contributed by atoms with Crippen molar-refractivity contribution in [3.8, 4) is 5.75 Å². The minimum Gasteiger partial charge on any atom is -0.480 e. The molecular weight excluding hydrogens is 373 g/mol. The molecular formula is C18H14FN3O4S. The molecule has 0 unspecified atom stereocenters. The number of amides is 1. The number of anilines is 2. The Morgan fingerprint density at radius 3 is 2.67 bits per heavy atom. The van der Waals surface area contributed by atoms with Crippen LogP contribution in [0.2, 0.25) is 0 Å². The summed E-state index contributed by atoms with van der Waals surface area (Å²) in [6.45, 7) is 1.29. The first-order valence-electron chi connectivity index (χ1n) is 7.83. The minimum absolute atomic E-state index is 0.0234. The van der Waals surface area contributed by atoms with Crippen LogP contribution >= 0.6 is 11.3 Å². The summed E-state index contributed by atoms with van der Waals surface area (Å²) in [5.74, 6) is -0.809. The van der Waals surface area contributed by atoms with Crippen molar-refractivity contribution in [2.45, 2.75) is 13.5 Å². The van der Waals surface area contributed by atoms with E-state index in [4.69, 9.17) is 4.74 Å². The SMILES string of the molecule is CC(=O)N(c1nc(COc2ccccc2[N+](=O)[O-])cs1)c1ccccc1F. The molecule has 0 atom stereocenters. The molecule has 0 bridgehead atoms. The Morgan fingerprint density at radius 2 is 1.96 bits per heavy atom. The van der Waals surface area contributed by atoms with Gasteiger partial charge in [0.25, 0.3) is 0 Å². The number of hydrogen-bond acceptors (Lipinski definition) is 6. The maximum absolute atomic E-state index is 14.1. The lowest BCUT2D eigenvalue weighted by atomic mass is 10.3. The fourth-order valence-electron chi connectivity index (χ4n) is 2.39. The molecule has 1 aromatic heterocycles. The summed E-state index contributed by atoms with van der Waals surface area (Å²) >= 11 is 1.15. The van der Waals surface area contributed by atoms with Crippen LogP contribution in [0, 0.1) is 15.9 Å². The standard InChI is InChI=1S/C18H14FN3O4S/c1-12(23)21(15-7-3-2-6-14(15)19)18-20-13(11-27-18)10-26-17-9-5-4-8-16(17)22(24)25/h2-9,11H,10H2,1H3. The number of para-hydroxylation sites is 3. The molecule has 0 saturated heterocycles. The van der Waals surface area contributed by atoms with Gasteiger partial charge in [-0.1, -0.05) is 24.3 Å². The van der Waals surface area contributed by atoms with Gasteiger partial charge in [-0.15, -0.1) is 11.3 Å². The largest absolute Gasteiger partial charge is 0.480 e. The number of carbonyl (C=O) groups is 1. The van der Waals surface area contributed by atoms with Gasteiger partial charge in [-0.05, 0) is 18.2 Å². The molecule has 0 saturated carbocycles. The number of hydrogen-bond donors (Lipinski definition) is 0. The van der Waals surface area contributed by atoms with Crippen molar-refractivity contribution < 1.29 is 18.8 Å². The Hall–Kier alpha value is -3.33. The second kappa shape index (κ2) is 7.92. The zero-order valence-electron chi connectivity index (χ0n) is 14.2. The fourth-order valence-corrected chi connectivity index (χ4v) is 3.25. The van der Waals surface area contributed by atoms with Crippen LogP contribution < -0.4 is 9.64 Å². The van der Waals surface area contributed by atoms with Crippen LogP contribution in [0.1, 0.15) is 12.6 Å². The van der Waals surface area contributed by atoms with E-state index in [0.717, 1.165) is 11.3 Å². The summed E-state index contributed by atoms with van der Waals surface area (Å²) in [6.07, 6.45) is 0. The molecule has 1 heterocycles. The van der Waals surface area contributed by atoms with Gasteiger partial charge in [0.1, 0.15) is 12.4 Å². The number of carbonyl (C=O) groups excluding carboxylic acids is 1. The van der Waals surface area contributed by atoms with Crippen LogP contribution in [0.3, 0.4) is 0 Å². The molecule has 9 heteroatoms. The molecule has 7 nitrogen and oxygen atoms in total. The summed E-state index contributed by atoms with van der Waals surface area (Å²) in [5.41, 5.74) is 0.422. The van der Waals surface area contributed by atoms with E-state index in [1.807, 2.05) is 0 Å². The normalized spacial score (nSPS) is 10.4. The summed E-state index contributed by atoms with van der Waals surface area (Å²) in [6, 6.07) is 11.9. The molecule has 0 N–H and O–H groups in total. The lowest BCUT2D eigenvalue weighted by Crippen LogP contribution is -2.23. The molecule has 3 rings (SSSR count). The lowest BCUT2D eigenvalue weighted by Gasteiger charge is -2.18. The predicted octanol–water partition coefficient (Wildman–Crippen LogP) is 4.45. The number of nitrogens with zero attached hydrogens (tertiary/aromatic N) is 3. The van der Waals surface area contributed by atoms with Gasteiger partial charge in [0.2, 0.25) is 5.91 Å². The average molecular weight is 387 g/mol. The Kier molecular flexibility index (Phi) is 5.41. The fraction of sp³-hybridized carbons (Fsp3) is 0.111. The van der Waals surface area contributed by atoms with Crippen LogP contribution in [0.25, 0.3) is 0 Å². The highest BCUT2D eigenvalue weighted by Crippen LogP contribution is 2.32. The number of benzene rings is 2. The smallest absolute Gasteiger partial charge is 0.310 e. The van der Waals surface area contributed by atoms with Crippen LogP contribution in [-0.4, -0.2) is 15.8 Å². The topological polar surface area (TPSA) is 85.6 Å². The molecule has 1 amide bonds. The number of rotatable bonds is 6. The van der Waals surface area contributed by atoms with E-state index in [9.17, 15) is 19.3 Å². The first kappa shape index (κ1) is 18.5. The van der Waals surface area contributed by atoms with Gasteiger partial charge in [0, 0.05) is 18.4 Å². The van der Waals surface area contributed by atoms with Gasteiger partial charge < -0.3 is 4.74 Å². The molecule has 0 spiro atoms. The van der Waals surface area contributed by atoms with Gasteiger partial charge in [-0.2, -0.15) is 0 Å². The number of halogens is 1. The van der Waals surface area contributed by atoms with Crippen molar-refractivity contribution in [1.82, 2.24) is 4.98 Å². The Morgan fingerprint density at radius 1 is 1.26 bits per heavy atom. The molecule has 0 radical (unpaired) electrons. The second-order valence-electron chi connectivity index (χ2n) is 5.44. The maximum atomic E-state index is 14.1. The van der Waals surface area contributed by atoms with Crippen molar-refractivity contribution in [2.24, 2.45) is 0 Å². The number of nitro groups is 1. The van der Waals surface area contributed by atoms with Crippen molar-refractivity contribution >= 4 is 33.8 Å². The Balaban J connectivity index is 1.81. The summed E-state index contributed by atoms with van der Waals surface area (Å²) in [5, 5.41) is 13.0. The third kappa shape index (κ3) is 4.09. The van der Waals surface area contributed by atoms with Gasteiger partial charge in [0.05, 0.1) is 16.3 Å². The first-order chi connectivity index (χ1) is 13.0. The van der Waals surface area contributed by atoms with E-state index >= 15 is 0 Å². The zero-order valence-corrected chi connectivity index (χ0v) is 15.0. The van der Waals surface area contributed by atoms with E-state index in [-0.39, 0.29) is 34.8 Å². The Labute approximate surface area is 157 Å². The van der Waals surface area contributed by atoms with E-state index < -0.39 is 10.7 Å². The van der Waals surface area contributed by atoms with Crippen LogP contribution in [0.5, 0.6) is 5.75 Å². The quantitative estimate of drug-likeness (QED) is 0.461. The monoisotopic (exact) mass is 387 g/mol. The molecule has 0 aliphatic carbocycles. The molecule has 2 aromatic carbocycles. The van der Waals surface area contributed by atoms with E-state index in [1.165, 1.54) is 42.2 Å². The van der Waals surface area contributed by atoms with Gasteiger partial charge >= 0.3 is 5.69 Å². The van der Waals surface area contributed by atoms with Gasteiger partial charge in [-0.3, -0.25) is 19.8 Å². The molecule has 27 heavy (non-hydrogen) atoms. The summed E-state index contributed by atoms with van der Waals surface area (Å²) in [7, 11) is 0. The highest BCUT2D eigenvalue weighted by molar-refractivity contribution is 7.14. The number of thiazole rings is 1. The highest BCUT2D eigenvalue weighted by Gasteiger charge is 2.21. The minimum atomic E-state index is -0.541. The van der Waals surface area contributed by atoms with Gasteiger partial charge in [0.15, 0.2) is 10.9 Å². The third-order valence-electron chi connectivity index (χ3n) is 3.58. The zero-order chi connectivity index (χ0) is 19.4.